The number of fused-ring (bicyclic) bond motifs is 3. The zero-order chi connectivity index (χ0) is 20.7. The number of ketones is 1. The van der Waals surface area contributed by atoms with Crippen LogP contribution in [0.1, 0.15) is 26.3 Å². The maximum atomic E-state index is 12.4. The molecule has 1 aromatic heterocycles. The number of amides is 1. The molecule has 3 aromatic carbocycles. The summed E-state index contributed by atoms with van der Waals surface area (Å²) in [5.41, 5.74) is 8.29. The van der Waals surface area contributed by atoms with Crippen LogP contribution in [0.25, 0.3) is 21.8 Å². The highest BCUT2D eigenvalue weighted by atomic mass is 127. The molecule has 0 saturated heterocycles. The van der Waals surface area contributed by atoms with E-state index >= 15 is 0 Å². The largest absolute Gasteiger partial charge is 0.475 e. The summed E-state index contributed by atoms with van der Waals surface area (Å²) in [6.07, 6.45) is 0. The summed E-state index contributed by atoms with van der Waals surface area (Å²) in [5.74, 6) is -3.21. The molecular weight excluding hydrogens is 483 g/mol. The average molecular weight is 498 g/mol. The van der Waals surface area contributed by atoms with Gasteiger partial charge in [0.25, 0.3) is 5.78 Å². The highest BCUT2D eigenvalue weighted by Gasteiger charge is 2.24. The van der Waals surface area contributed by atoms with Crippen LogP contribution in [0.2, 0.25) is 0 Å². The van der Waals surface area contributed by atoms with Crippen molar-refractivity contribution in [1.82, 2.24) is 4.57 Å². The molecule has 0 atom stereocenters. The molecule has 6 nitrogen and oxygen atoms in total. The molecule has 1 amide bonds. The van der Waals surface area contributed by atoms with Gasteiger partial charge in [-0.3, -0.25) is 9.59 Å². The van der Waals surface area contributed by atoms with E-state index in [9.17, 15) is 19.5 Å². The lowest BCUT2D eigenvalue weighted by Crippen LogP contribution is -2.14. The van der Waals surface area contributed by atoms with Crippen molar-refractivity contribution in [2.45, 2.75) is 6.54 Å². The van der Waals surface area contributed by atoms with E-state index in [1.807, 2.05) is 41.0 Å². The molecule has 0 aliphatic rings. The summed E-state index contributed by atoms with van der Waals surface area (Å²) >= 11 is 2.24. The van der Waals surface area contributed by atoms with Crippen LogP contribution in [0.4, 0.5) is 0 Å². The minimum absolute atomic E-state index is 0.0371. The molecule has 3 N–H and O–H groups in total. The third-order valence-electron chi connectivity index (χ3n) is 4.85. The Labute approximate surface area is 179 Å². The molecule has 0 radical (unpaired) electrons. The lowest BCUT2D eigenvalue weighted by atomic mass is 9.99. The second-order valence-corrected chi connectivity index (χ2v) is 7.86. The van der Waals surface area contributed by atoms with Gasteiger partial charge in [-0.1, -0.05) is 24.3 Å². The molecule has 7 heteroatoms. The summed E-state index contributed by atoms with van der Waals surface area (Å²) in [4.78, 5) is 35.9. The fourth-order valence-electron chi connectivity index (χ4n) is 3.68. The third kappa shape index (κ3) is 3.27. The van der Waals surface area contributed by atoms with Crippen molar-refractivity contribution in [2.24, 2.45) is 5.73 Å². The number of halogens is 1. The van der Waals surface area contributed by atoms with Crippen LogP contribution in [0, 0.1) is 3.57 Å². The number of carbonyl (C=O) groups is 3. The van der Waals surface area contributed by atoms with Crippen molar-refractivity contribution >= 4 is 62.1 Å². The van der Waals surface area contributed by atoms with Crippen LogP contribution in [-0.4, -0.2) is 27.3 Å². The molecule has 0 unspecified atom stereocenters. The number of nitrogens with zero attached hydrogens (tertiary/aromatic N) is 1. The van der Waals surface area contributed by atoms with Gasteiger partial charge in [-0.15, -0.1) is 0 Å². The Morgan fingerprint density at radius 1 is 0.897 bits per heavy atom. The van der Waals surface area contributed by atoms with Gasteiger partial charge in [-0.05, 0) is 64.6 Å². The third-order valence-corrected chi connectivity index (χ3v) is 5.52. The number of aromatic nitrogens is 1. The molecule has 0 aliphatic carbocycles. The van der Waals surface area contributed by atoms with Gasteiger partial charge in [0, 0.05) is 32.0 Å². The summed E-state index contributed by atoms with van der Waals surface area (Å²) in [6.45, 7) is 0.490. The number of hydrogen-bond donors (Lipinski definition) is 2. The number of primary amides is 1. The lowest BCUT2D eigenvalue weighted by molar-refractivity contribution is -0.131. The van der Waals surface area contributed by atoms with Gasteiger partial charge < -0.3 is 15.4 Å². The normalized spacial score (nSPS) is 11.1. The van der Waals surface area contributed by atoms with E-state index < -0.39 is 17.7 Å². The van der Waals surface area contributed by atoms with Crippen molar-refractivity contribution in [3.05, 3.63) is 80.9 Å². The summed E-state index contributed by atoms with van der Waals surface area (Å²) in [7, 11) is 0. The van der Waals surface area contributed by atoms with Crippen molar-refractivity contribution in [1.29, 1.82) is 0 Å². The molecule has 0 aliphatic heterocycles. The number of nitrogens with two attached hydrogens (primary N) is 1. The molecule has 1 heterocycles. The molecule has 0 fully saturated rings. The maximum absolute atomic E-state index is 12.4. The number of carboxylic acid groups (broad SMARTS) is 1. The number of Topliss-reactive ketones (excluding diaryl/α,β-unsaturated/α-hetero) is 1. The molecule has 4 rings (SSSR count). The highest BCUT2D eigenvalue weighted by molar-refractivity contribution is 14.1. The van der Waals surface area contributed by atoms with Crippen LogP contribution in [0.3, 0.4) is 0 Å². The van der Waals surface area contributed by atoms with Gasteiger partial charge in [0.2, 0.25) is 5.91 Å². The van der Waals surface area contributed by atoms with Gasteiger partial charge in [0.05, 0.1) is 11.0 Å². The Kier molecular flexibility index (Phi) is 4.83. The molecule has 0 spiro atoms. The highest BCUT2D eigenvalue weighted by Crippen LogP contribution is 2.35. The lowest BCUT2D eigenvalue weighted by Gasteiger charge is -2.09. The van der Waals surface area contributed by atoms with Crippen LogP contribution >= 0.6 is 22.6 Å². The second kappa shape index (κ2) is 7.32. The SMILES string of the molecule is NC(=O)c1cccc2c1c1c(C(=O)C(=O)O)cccc1n2Cc1cccc(I)c1. The minimum Gasteiger partial charge on any atom is -0.475 e. The number of rotatable bonds is 5. The Morgan fingerprint density at radius 2 is 1.48 bits per heavy atom. The number of benzene rings is 3. The van der Waals surface area contributed by atoms with Gasteiger partial charge in [-0.2, -0.15) is 0 Å². The number of carbonyl (C=O) groups excluding carboxylic acids is 2. The first kappa shape index (κ1) is 19.1. The van der Waals surface area contributed by atoms with Crippen LogP contribution in [0.15, 0.2) is 60.7 Å². The molecular formula is C22H15IN2O4. The molecule has 144 valence electrons. The Balaban J connectivity index is 2.12. The average Bonchev–Trinajstić information content (AvgIpc) is 3.01. The van der Waals surface area contributed by atoms with Gasteiger partial charge in [0.15, 0.2) is 0 Å². The predicted molar refractivity (Wildman–Crippen MR) is 118 cm³/mol. The predicted octanol–water partition coefficient (Wildman–Crippen LogP) is 3.81. The standard InChI is InChI=1S/C22H15IN2O4/c23-13-5-1-4-12(10-13)11-25-16-8-2-6-14(20(26)22(28)29)18(16)19-15(21(24)27)7-3-9-17(19)25/h1-10H,11H2,(H2,24,27)(H,28,29). The van der Waals surface area contributed by atoms with E-state index in [-0.39, 0.29) is 11.1 Å². The Bertz CT molecular complexity index is 1320. The van der Waals surface area contributed by atoms with Gasteiger partial charge in [0.1, 0.15) is 0 Å². The first-order valence-corrected chi connectivity index (χ1v) is 9.82. The van der Waals surface area contributed by atoms with E-state index in [0.717, 1.165) is 9.13 Å². The zero-order valence-electron chi connectivity index (χ0n) is 15.1. The quantitative estimate of drug-likeness (QED) is 0.248. The van der Waals surface area contributed by atoms with E-state index in [1.165, 1.54) is 6.07 Å². The first-order chi connectivity index (χ1) is 13.9. The monoisotopic (exact) mass is 498 g/mol. The van der Waals surface area contributed by atoms with Crippen molar-refractivity contribution in [3.8, 4) is 0 Å². The summed E-state index contributed by atoms with van der Waals surface area (Å²) in [5, 5.41) is 10.2. The van der Waals surface area contributed by atoms with Crippen molar-refractivity contribution < 1.29 is 19.5 Å². The van der Waals surface area contributed by atoms with Crippen molar-refractivity contribution in [2.75, 3.05) is 0 Å². The van der Waals surface area contributed by atoms with Gasteiger partial charge in [-0.25, -0.2) is 4.79 Å². The smallest absolute Gasteiger partial charge is 0.377 e. The summed E-state index contributed by atoms with van der Waals surface area (Å²) < 4.78 is 3.06. The van der Waals surface area contributed by atoms with E-state index in [0.29, 0.717) is 28.4 Å². The van der Waals surface area contributed by atoms with Crippen LogP contribution in [0.5, 0.6) is 0 Å². The van der Waals surface area contributed by atoms with Crippen LogP contribution in [-0.2, 0) is 11.3 Å². The number of aliphatic carboxylic acids is 1. The summed E-state index contributed by atoms with van der Waals surface area (Å²) in [6, 6.07) is 18.1. The maximum Gasteiger partial charge on any atom is 0.377 e. The Morgan fingerprint density at radius 3 is 2.07 bits per heavy atom. The van der Waals surface area contributed by atoms with E-state index in [4.69, 9.17) is 5.73 Å². The fraction of sp³-hybridized carbons (Fsp3) is 0.0455. The molecule has 0 bridgehead atoms. The first-order valence-electron chi connectivity index (χ1n) is 8.74. The van der Waals surface area contributed by atoms with Gasteiger partial charge >= 0.3 is 5.97 Å². The van der Waals surface area contributed by atoms with Crippen molar-refractivity contribution in [3.63, 3.8) is 0 Å². The number of hydrogen-bond acceptors (Lipinski definition) is 3. The van der Waals surface area contributed by atoms with Crippen LogP contribution < -0.4 is 5.73 Å². The fourth-order valence-corrected chi connectivity index (χ4v) is 4.29. The molecule has 0 saturated carbocycles. The molecule has 29 heavy (non-hydrogen) atoms. The molecule has 4 aromatic rings. The zero-order valence-corrected chi connectivity index (χ0v) is 17.2. The Hall–Kier alpha value is -3.20. The topological polar surface area (TPSA) is 102 Å². The van der Waals surface area contributed by atoms with E-state index in [1.54, 1.807) is 18.2 Å². The minimum atomic E-state index is -1.55. The van der Waals surface area contributed by atoms with E-state index in [2.05, 4.69) is 22.6 Å². The second-order valence-electron chi connectivity index (χ2n) is 6.61. The number of carboxylic acids is 1.